The minimum atomic E-state index is -0.568. The van der Waals surface area contributed by atoms with Crippen molar-refractivity contribution in [3.05, 3.63) is 54.0 Å². The molecule has 0 saturated carbocycles. The van der Waals surface area contributed by atoms with Gasteiger partial charge in [-0.15, -0.1) is 0 Å². The van der Waals surface area contributed by atoms with Gasteiger partial charge in [-0.05, 0) is 19.9 Å². The first-order valence-electron chi connectivity index (χ1n) is 10.6. The van der Waals surface area contributed by atoms with Crippen LogP contribution in [0.3, 0.4) is 0 Å². The normalized spacial score (nSPS) is 20.7. The summed E-state index contributed by atoms with van der Waals surface area (Å²) in [6.45, 7) is 5.63. The van der Waals surface area contributed by atoms with E-state index in [2.05, 4.69) is 30.2 Å². The van der Waals surface area contributed by atoms with Gasteiger partial charge in [0.05, 0.1) is 11.7 Å². The molecular weight excluding hydrogens is 411 g/mol. The van der Waals surface area contributed by atoms with E-state index in [1.54, 1.807) is 24.7 Å². The molecule has 9 nitrogen and oxygen atoms in total. The maximum absolute atomic E-state index is 14.5. The predicted octanol–water partition coefficient (Wildman–Crippen LogP) is 1.92. The van der Waals surface area contributed by atoms with E-state index in [0.29, 0.717) is 49.2 Å². The monoisotopic (exact) mass is 434 g/mol. The maximum atomic E-state index is 14.5. The summed E-state index contributed by atoms with van der Waals surface area (Å²) in [5.41, 5.74) is 2.55. The summed E-state index contributed by atoms with van der Waals surface area (Å²) in [5.74, 6) is 0.883. The van der Waals surface area contributed by atoms with Crippen LogP contribution in [0.5, 0.6) is 0 Å². The van der Waals surface area contributed by atoms with Gasteiger partial charge in [0.15, 0.2) is 11.6 Å². The Balaban J connectivity index is 1.44. The van der Waals surface area contributed by atoms with Crippen LogP contribution in [0.25, 0.3) is 11.6 Å². The smallest absolute Gasteiger partial charge is 0.242 e. The van der Waals surface area contributed by atoms with Gasteiger partial charge in [-0.25, -0.2) is 24.9 Å². The van der Waals surface area contributed by atoms with Crippen molar-refractivity contribution < 1.29 is 9.18 Å². The zero-order valence-corrected chi connectivity index (χ0v) is 17.9. The van der Waals surface area contributed by atoms with Crippen molar-refractivity contribution in [2.24, 2.45) is 0 Å². The number of hydrogen-bond acceptors (Lipinski definition) is 8. The van der Waals surface area contributed by atoms with Crippen molar-refractivity contribution in [3.8, 4) is 11.6 Å². The number of fused-ring (bicyclic) bond motifs is 1. The van der Waals surface area contributed by atoms with Gasteiger partial charge in [0.2, 0.25) is 11.9 Å². The lowest BCUT2D eigenvalue weighted by Gasteiger charge is -2.37. The lowest BCUT2D eigenvalue weighted by atomic mass is 9.99. The van der Waals surface area contributed by atoms with Crippen molar-refractivity contribution in [2.75, 3.05) is 29.4 Å². The maximum Gasteiger partial charge on any atom is 0.242 e. The Labute approximate surface area is 184 Å². The molecule has 0 radical (unpaired) electrons. The van der Waals surface area contributed by atoms with Gasteiger partial charge >= 0.3 is 0 Å². The summed E-state index contributed by atoms with van der Waals surface area (Å²) in [7, 11) is 0. The molecule has 3 aromatic heterocycles. The van der Waals surface area contributed by atoms with Gasteiger partial charge in [0.1, 0.15) is 11.9 Å². The highest BCUT2D eigenvalue weighted by Gasteiger charge is 2.30. The standard InChI is InChI=1S/C22H23FN8O/c1-13-16-12-27-21(20-24-5-3-6-25-20)28-17(16)4-8-31(13)19-11-15(10-18(23)29-19)30-9-7-26-22(32)14(30)2/h3,5-6,10-14H,4,7-9H2,1-2H3,(H,26,32). The van der Waals surface area contributed by atoms with Gasteiger partial charge in [0.25, 0.3) is 0 Å². The van der Waals surface area contributed by atoms with Crippen LogP contribution in [0.15, 0.2) is 36.8 Å². The molecule has 1 N–H and O–H groups in total. The molecule has 0 spiro atoms. The van der Waals surface area contributed by atoms with Crippen LogP contribution in [0.4, 0.5) is 15.9 Å². The molecule has 0 bridgehead atoms. The second-order valence-corrected chi connectivity index (χ2v) is 7.95. The molecule has 3 aromatic rings. The quantitative estimate of drug-likeness (QED) is 0.624. The molecule has 2 aliphatic rings. The molecule has 1 fully saturated rings. The fourth-order valence-corrected chi connectivity index (χ4v) is 4.32. The van der Waals surface area contributed by atoms with Crippen molar-refractivity contribution in [1.29, 1.82) is 0 Å². The molecule has 0 aromatic carbocycles. The van der Waals surface area contributed by atoms with Crippen molar-refractivity contribution in [2.45, 2.75) is 32.4 Å². The number of pyridine rings is 1. The van der Waals surface area contributed by atoms with Crippen LogP contribution in [-0.2, 0) is 11.2 Å². The van der Waals surface area contributed by atoms with Crippen molar-refractivity contribution >= 4 is 17.4 Å². The summed E-state index contributed by atoms with van der Waals surface area (Å²) in [6, 6.07) is 4.53. The number of anilines is 2. The zero-order valence-electron chi connectivity index (χ0n) is 17.9. The molecule has 32 heavy (non-hydrogen) atoms. The second-order valence-electron chi connectivity index (χ2n) is 7.95. The molecule has 1 saturated heterocycles. The lowest BCUT2D eigenvalue weighted by Crippen LogP contribution is -2.54. The van der Waals surface area contributed by atoms with Gasteiger partial charge in [-0.1, -0.05) is 0 Å². The van der Waals surface area contributed by atoms with E-state index in [9.17, 15) is 9.18 Å². The number of halogens is 1. The highest BCUT2D eigenvalue weighted by atomic mass is 19.1. The van der Waals surface area contributed by atoms with E-state index < -0.39 is 5.95 Å². The van der Waals surface area contributed by atoms with E-state index in [1.807, 2.05) is 29.7 Å². The van der Waals surface area contributed by atoms with Gasteiger partial charge in [-0.3, -0.25) is 4.79 Å². The number of carbonyl (C=O) groups excluding carboxylic acids is 1. The molecule has 164 valence electrons. The lowest BCUT2D eigenvalue weighted by molar-refractivity contribution is -0.122. The first-order valence-corrected chi connectivity index (χ1v) is 10.6. The highest BCUT2D eigenvalue weighted by molar-refractivity contribution is 5.86. The summed E-state index contributed by atoms with van der Waals surface area (Å²) in [6.07, 6.45) is 5.78. The van der Waals surface area contributed by atoms with Crippen LogP contribution in [0.1, 0.15) is 31.1 Å². The molecule has 2 atom stereocenters. The minimum Gasteiger partial charge on any atom is -0.358 e. The third-order valence-electron chi connectivity index (χ3n) is 6.06. The largest absolute Gasteiger partial charge is 0.358 e. The summed E-state index contributed by atoms with van der Waals surface area (Å²) in [4.78, 5) is 37.8. The van der Waals surface area contributed by atoms with Crippen molar-refractivity contribution in [3.63, 3.8) is 0 Å². The summed E-state index contributed by atoms with van der Waals surface area (Å²) >= 11 is 0. The number of amides is 1. The van der Waals surface area contributed by atoms with Gasteiger partial charge in [-0.2, -0.15) is 4.39 Å². The van der Waals surface area contributed by atoms with Crippen LogP contribution in [-0.4, -0.2) is 56.5 Å². The van der Waals surface area contributed by atoms with E-state index >= 15 is 0 Å². The van der Waals surface area contributed by atoms with Gasteiger partial charge in [0, 0.05) is 68.0 Å². The van der Waals surface area contributed by atoms with Crippen LogP contribution >= 0.6 is 0 Å². The first kappa shape index (κ1) is 20.2. The first-order chi connectivity index (χ1) is 15.5. The predicted molar refractivity (Wildman–Crippen MR) is 117 cm³/mol. The molecule has 10 heteroatoms. The van der Waals surface area contributed by atoms with E-state index in [-0.39, 0.29) is 18.0 Å². The van der Waals surface area contributed by atoms with Crippen LogP contribution < -0.4 is 15.1 Å². The summed E-state index contributed by atoms with van der Waals surface area (Å²) < 4.78 is 14.5. The molecule has 5 rings (SSSR count). The third kappa shape index (κ3) is 3.61. The molecule has 2 aliphatic heterocycles. The fourth-order valence-electron chi connectivity index (χ4n) is 4.32. The Hall–Kier alpha value is -3.69. The molecule has 1 amide bonds. The zero-order chi connectivity index (χ0) is 22.2. The van der Waals surface area contributed by atoms with Crippen LogP contribution in [0.2, 0.25) is 0 Å². The summed E-state index contributed by atoms with van der Waals surface area (Å²) in [5, 5.41) is 2.84. The number of aromatic nitrogens is 5. The number of carbonyl (C=O) groups is 1. The van der Waals surface area contributed by atoms with E-state index in [1.165, 1.54) is 6.07 Å². The Morgan fingerprint density at radius 1 is 1.00 bits per heavy atom. The average Bonchev–Trinajstić information content (AvgIpc) is 2.81. The topological polar surface area (TPSA) is 100 Å². The highest BCUT2D eigenvalue weighted by Crippen LogP contribution is 2.34. The van der Waals surface area contributed by atoms with Crippen molar-refractivity contribution in [1.82, 2.24) is 30.2 Å². The number of nitrogens with one attached hydrogen (secondary N) is 1. The molecule has 2 unspecified atom stereocenters. The van der Waals surface area contributed by atoms with E-state index in [0.717, 1.165) is 11.3 Å². The Kier molecular flexibility index (Phi) is 5.12. The van der Waals surface area contributed by atoms with E-state index in [4.69, 9.17) is 0 Å². The molecule has 0 aliphatic carbocycles. The van der Waals surface area contributed by atoms with Gasteiger partial charge < -0.3 is 15.1 Å². The number of hydrogen-bond donors (Lipinski definition) is 1. The molecule has 5 heterocycles. The number of rotatable bonds is 3. The SMILES string of the molecule is CC1C(=O)NCCN1c1cc(F)nc(N2CCc3nc(-c4ncccn4)ncc3C2C)c1. The number of nitrogens with zero attached hydrogens (tertiary/aromatic N) is 7. The minimum absolute atomic E-state index is 0.0642. The average molecular weight is 434 g/mol. The number of piperazine rings is 1. The Morgan fingerprint density at radius 3 is 2.62 bits per heavy atom. The third-order valence-corrected chi connectivity index (χ3v) is 6.06. The van der Waals surface area contributed by atoms with Crippen LogP contribution in [0, 0.1) is 5.95 Å². The molecular formula is C22H23FN8O. The Morgan fingerprint density at radius 2 is 1.81 bits per heavy atom. The Bertz CT molecular complexity index is 1160. The fraction of sp³-hybridized carbons (Fsp3) is 0.364. The second kappa shape index (κ2) is 8.10.